The molecular formula is C18H14ClN. The lowest BCUT2D eigenvalue weighted by molar-refractivity contribution is 1.76. The fraction of sp³-hybridized carbons (Fsp3) is 0. The van der Waals surface area contributed by atoms with Gasteiger partial charge in [0.2, 0.25) is 0 Å². The van der Waals surface area contributed by atoms with E-state index in [1.54, 1.807) is 0 Å². The molecule has 0 unspecified atom stereocenters. The summed E-state index contributed by atoms with van der Waals surface area (Å²) in [5.74, 6) is 0. The van der Waals surface area contributed by atoms with Crippen molar-refractivity contribution >= 4 is 50.4 Å². The minimum absolute atomic E-state index is 0. The molecule has 0 aliphatic carbocycles. The summed E-state index contributed by atoms with van der Waals surface area (Å²) in [6.07, 6.45) is 0. The predicted octanol–water partition coefficient (Wildman–Crippen LogP) is 5.15. The van der Waals surface area contributed by atoms with Crippen LogP contribution in [0.2, 0.25) is 0 Å². The number of nitrogen functional groups attached to an aromatic ring is 1. The van der Waals surface area contributed by atoms with Crippen molar-refractivity contribution in [3.8, 4) is 0 Å². The number of benzene rings is 4. The first-order valence-electron chi connectivity index (χ1n) is 6.43. The summed E-state index contributed by atoms with van der Waals surface area (Å²) in [5.41, 5.74) is 7.06. The quantitative estimate of drug-likeness (QED) is 0.350. The Morgan fingerprint density at radius 3 is 1.95 bits per heavy atom. The molecule has 0 atom stereocenters. The molecule has 20 heavy (non-hydrogen) atoms. The molecule has 0 bridgehead atoms. The SMILES string of the molecule is Cl.Nc1cc2ccccc2c2c1ccc1ccccc12. The van der Waals surface area contributed by atoms with Crippen molar-refractivity contribution in [1.82, 2.24) is 0 Å². The van der Waals surface area contributed by atoms with Gasteiger partial charge in [-0.05, 0) is 33.0 Å². The van der Waals surface area contributed by atoms with Crippen LogP contribution in [0.5, 0.6) is 0 Å². The van der Waals surface area contributed by atoms with Crippen LogP contribution in [0.1, 0.15) is 0 Å². The molecule has 2 heteroatoms. The standard InChI is InChI=1S/C18H13N.ClH/c19-17-11-13-6-2-4-8-15(13)18-14-7-3-1-5-12(14)9-10-16(17)18;/h1-11H,19H2;1H. The second kappa shape index (κ2) is 4.69. The molecule has 1 nitrogen and oxygen atoms in total. The van der Waals surface area contributed by atoms with E-state index < -0.39 is 0 Å². The molecule has 98 valence electrons. The van der Waals surface area contributed by atoms with Crippen LogP contribution in [0.15, 0.2) is 66.7 Å². The molecule has 0 spiro atoms. The van der Waals surface area contributed by atoms with Crippen LogP contribution >= 0.6 is 12.4 Å². The number of anilines is 1. The first-order chi connectivity index (χ1) is 9.34. The van der Waals surface area contributed by atoms with Crippen molar-refractivity contribution in [2.45, 2.75) is 0 Å². The Labute approximate surface area is 123 Å². The van der Waals surface area contributed by atoms with Gasteiger partial charge in [0, 0.05) is 11.1 Å². The monoisotopic (exact) mass is 279 g/mol. The van der Waals surface area contributed by atoms with E-state index >= 15 is 0 Å². The average Bonchev–Trinajstić information content (AvgIpc) is 2.47. The average molecular weight is 280 g/mol. The minimum atomic E-state index is 0. The summed E-state index contributed by atoms with van der Waals surface area (Å²) < 4.78 is 0. The summed E-state index contributed by atoms with van der Waals surface area (Å²) in [6.45, 7) is 0. The molecule has 0 aromatic heterocycles. The Morgan fingerprint density at radius 2 is 1.20 bits per heavy atom. The summed E-state index contributed by atoms with van der Waals surface area (Å²) in [4.78, 5) is 0. The van der Waals surface area contributed by atoms with E-state index in [9.17, 15) is 0 Å². The third-order valence-electron chi connectivity index (χ3n) is 3.78. The van der Waals surface area contributed by atoms with E-state index in [4.69, 9.17) is 5.73 Å². The molecule has 0 aliphatic rings. The fourth-order valence-electron chi connectivity index (χ4n) is 2.90. The van der Waals surface area contributed by atoms with Gasteiger partial charge in [0.25, 0.3) is 0 Å². The highest BCUT2D eigenvalue weighted by molar-refractivity contribution is 6.23. The lowest BCUT2D eigenvalue weighted by Gasteiger charge is -2.10. The van der Waals surface area contributed by atoms with Gasteiger partial charge in [-0.3, -0.25) is 0 Å². The third-order valence-corrected chi connectivity index (χ3v) is 3.78. The summed E-state index contributed by atoms with van der Waals surface area (Å²) in [7, 11) is 0. The highest BCUT2D eigenvalue weighted by Crippen LogP contribution is 2.35. The Bertz CT molecular complexity index is 912. The van der Waals surface area contributed by atoms with E-state index in [-0.39, 0.29) is 12.4 Å². The molecule has 2 N–H and O–H groups in total. The van der Waals surface area contributed by atoms with Crippen molar-refractivity contribution in [1.29, 1.82) is 0 Å². The van der Waals surface area contributed by atoms with Crippen molar-refractivity contribution in [2.24, 2.45) is 0 Å². The molecular weight excluding hydrogens is 266 g/mol. The molecule has 4 aromatic rings. The molecule has 4 rings (SSSR count). The zero-order valence-electron chi connectivity index (χ0n) is 10.8. The number of rotatable bonds is 0. The second-order valence-electron chi connectivity index (χ2n) is 4.90. The summed E-state index contributed by atoms with van der Waals surface area (Å²) in [6, 6.07) is 23.2. The van der Waals surface area contributed by atoms with Crippen molar-refractivity contribution < 1.29 is 0 Å². The number of halogens is 1. The normalized spacial score (nSPS) is 10.8. The van der Waals surface area contributed by atoms with Gasteiger partial charge in [-0.25, -0.2) is 0 Å². The van der Waals surface area contributed by atoms with Gasteiger partial charge in [0.15, 0.2) is 0 Å². The lowest BCUT2D eigenvalue weighted by Crippen LogP contribution is -1.89. The van der Waals surface area contributed by atoms with Crippen LogP contribution < -0.4 is 5.73 Å². The van der Waals surface area contributed by atoms with Crippen LogP contribution in [-0.2, 0) is 0 Å². The maximum Gasteiger partial charge on any atom is 0.0400 e. The van der Waals surface area contributed by atoms with Gasteiger partial charge in [0.05, 0.1) is 0 Å². The van der Waals surface area contributed by atoms with Crippen molar-refractivity contribution in [2.75, 3.05) is 5.73 Å². The van der Waals surface area contributed by atoms with Gasteiger partial charge in [-0.2, -0.15) is 0 Å². The Balaban J connectivity index is 0.00000121. The third kappa shape index (κ3) is 1.71. The topological polar surface area (TPSA) is 26.0 Å². The van der Waals surface area contributed by atoms with Gasteiger partial charge in [-0.15, -0.1) is 12.4 Å². The Morgan fingerprint density at radius 1 is 0.600 bits per heavy atom. The van der Waals surface area contributed by atoms with Crippen LogP contribution in [0.4, 0.5) is 5.69 Å². The minimum Gasteiger partial charge on any atom is -0.398 e. The summed E-state index contributed by atoms with van der Waals surface area (Å²) in [5, 5.41) is 7.38. The largest absolute Gasteiger partial charge is 0.398 e. The van der Waals surface area contributed by atoms with Crippen LogP contribution in [0.3, 0.4) is 0 Å². The van der Waals surface area contributed by atoms with Gasteiger partial charge in [-0.1, -0.05) is 60.7 Å². The molecule has 0 radical (unpaired) electrons. The van der Waals surface area contributed by atoms with Crippen LogP contribution in [0, 0.1) is 0 Å². The highest BCUT2D eigenvalue weighted by atomic mass is 35.5. The van der Waals surface area contributed by atoms with Gasteiger partial charge >= 0.3 is 0 Å². The van der Waals surface area contributed by atoms with Gasteiger partial charge < -0.3 is 5.73 Å². The predicted molar refractivity (Wildman–Crippen MR) is 90.6 cm³/mol. The summed E-state index contributed by atoms with van der Waals surface area (Å²) >= 11 is 0. The smallest absolute Gasteiger partial charge is 0.0400 e. The van der Waals surface area contributed by atoms with Crippen molar-refractivity contribution in [3.63, 3.8) is 0 Å². The number of hydrogen-bond acceptors (Lipinski definition) is 1. The number of fused-ring (bicyclic) bond motifs is 5. The zero-order chi connectivity index (χ0) is 12.8. The van der Waals surface area contributed by atoms with E-state index in [0.29, 0.717) is 0 Å². The van der Waals surface area contributed by atoms with Gasteiger partial charge in [0.1, 0.15) is 0 Å². The Hall–Kier alpha value is -2.25. The fourth-order valence-corrected chi connectivity index (χ4v) is 2.90. The van der Waals surface area contributed by atoms with E-state index in [1.165, 1.54) is 26.9 Å². The maximum atomic E-state index is 6.21. The van der Waals surface area contributed by atoms with E-state index in [2.05, 4.69) is 66.7 Å². The molecule has 0 fully saturated rings. The zero-order valence-corrected chi connectivity index (χ0v) is 11.7. The number of nitrogens with two attached hydrogens (primary N) is 1. The van der Waals surface area contributed by atoms with Crippen LogP contribution in [0.25, 0.3) is 32.3 Å². The molecule has 0 amide bonds. The molecule has 0 heterocycles. The molecule has 4 aromatic carbocycles. The highest BCUT2D eigenvalue weighted by Gasteiger charge is 2.07. The number of hydrogen-bond donors (Lipinski definition) is 1. The first-order valence-corrected chi connectivity index (χ1v) is 6.43. The van der Waals surface area contributed by atoms with Crippen molar-refractivity contribution in [3.05, 3.63) is 66.7 Å². The molecule has 0 aliphatic heterocycles. The lowest BCUT2D eigenvalue weighted by atomic mass is 9.95. The van der Waals surface area contributed by atoms with E-state index in [1.807, 2.05) is 0 Å². The second-order valence-corrected chi connectivity index (χ2v) is 4.90. The molecule has 0 saturated carbocycles. The van der Waals surface area contributed by atoms with E-state index in [0.717, 1.165) is 11.1 Å². The first kappa shape index (κ1) is 12.8. The van der Waals surface area contributed by atoms with Crippen LogP contribution in [-0.4, -0.2) is 0 Å². The molecule has 0 saturated heterocycles. The maximum absolute atomic E-state index is 6.21. The Kier molecular flexibility index (Phi) is 3.00.